The van der Waals surface area contributed by atoms with E-state index in [1.54, 1.807) is 14.0 Å². The number of hydrogen-bond donors (Lipinski definition) is 1. The van der Waals surface area contributed by atoms with E-state index in [4.69, 9.17) is 14.2 Å². The minimum absolute atomic E-state index is 0.0448. The van der Waals surface area contributed by atoms with Crippen molar-refractivity contribution < 1.29 is 24.1 Å². The molecule has 28 heavy (non-hydrogen) atoms. The molecule has 0 saturated heterocycles. The highest BCUT2D eigenvalue weighted by Crippen LogP contribution is 2.38. The van der Waals surface area contributed by atoms with Crippen LogP contribution >= 0.6 is 0 Å². The van der Waals surface area contributed by atoms with Crippen LogP contribution in [0.5, 0.6) is 11.5 Å². The molecule has 0 aliphatic carbocycles. The van der Waals surface area contributed by atoms with Gasteiger partial charge in [-0.25, -0.2) is 4.79 Å². The van der Waals surface area contributed by atoms with Crippen molar-refractivity contribution in [1.29, 1.82) is 0 Å². The second-order valence-corrected chi connectivity index (χ2v) is 6.47. The maximum absolute atomic E-state index is 12.6. The second kappa shape index (κ2) is 8.76. The highest BCUT2D eigenvalue weighted by molar-refractivity contribution is 5.92. The van der Waals surface area contributed by atoms with E-state index in [2.05, 4.69) is 0 Å². The molecule has 0 bridgehead atoms. The number of esters is 1. The van der Waals surface area contributed by atoms with Crippen LogP contribution in [0.4, 0.5) is 0 Å². The Balaban J connectivity index is 1.95. The fraction of sp³-hybridized carbons (Fsp3) is 0.261. The number of ether oxygens (including phenoxy) is 3. The van der Waals surface area contributed by atoms with Gasteiger partial charge < -0.3 is 19.3 Å². The summed E-state index contributed by atoms with van der Waals surface area (Å²) >= 11 is 0. The number of methoxy groups -OCH3 is 1. The third kappa shape index (κ3) is 4.10. The fourth-order valence-electron chi connectivity index (χ4n) is 3.20. The lowest BCUT2D eigenvalue weighted by Crippen LogP contribution is -2.20. The Kier molecular flexibility index (Phi) is 6.16. The number of benzene rings is 3. The van der Waals surface area contributed by atoms with Crippen LogP contribution in [0, 0.1) is 6.92 Å². The van der Waals surface area contributed by atoms with Crippen LogP contribution in [0.25, 0.3) is 10.8 Å². The molecule has 0 aromatic heterocycles. The van der Waals surface area contributed by atoms with Gasteiger partial charge in [0.25, 0.3) is 0 Å². The molecule has 5 nitrogen and oxygen atoms in total. The highest BCUT2D eigenvalue weighted by atomic mass is 16.6. The molecule has 5 heteroatoms. The van der Waals surface area contributed by atoms with Gasteiger partial charge in [0.1, 0.15) is 11.5 Å². The number of rotatable bonds is 7. The Morgan fingerprint density at radius 3 is 2.50 bits per heavy atom. The summed E-state index contributed by atoms with van der Waals surface area (Å²) < 4.78 is 16.3. The van der Waals surface area contributed by atoms with Crippen molar-refractivity contribution >= 4 is 16.7 Å². The van der Waals surface area contributed by atoms with Crippen molar-refractivity contribution in [2.45, 2.75) is 26.6 Å². The first-order chi connectivity index (χ1) is 13.5. The molecular formula is C23H24O5. The summed E-state index contributed by atoms with van der Waals surface area (Å²) in [6.07, 6.45) is -1.02. The number of aryl methyl sites for hydroxylation is 1. The average molecular weight is 380 g/mol. The largest absolute Gasteiger partial charge is 0.507 e. The minimum Gasteiger partial charge on any atom is -0.507 e. The van der Waals surface area contributed by atoms with Gasteiger partial charge in [-0.05, 0) is 42.5 Å². The normalized spacial score (nSPS) is 12.0. The third-order valence-electron chi connectivity index (χ3n) is 4.61. The van der Waals surface area contributed by atoms with Crippen LogP contribution in [-0.2, 0) is 20.9 Å². The zero-order chi connectivity index (χ0) is 20.1. The molecule has 1 unspecified atom stereocenters. The maximum Gasteiger partial charge on any atom is 0.340 e. The first-order valence-corrected chi connectivity index (χ1v) is 9.17. The lowest BCUT2D eigenvalue weighted by molar-refractivity contribution is -0.158. The molecule has 3 aromatic carbocycles. The van der Waals surface area contributed by atoms with Crippen molar-refractivity contribution in [3.8, 4) is 11.5 Å². The van der Waals surface area contributed by atoms with Gasteiger partial charge >= 0.3 is 5.97 Å². The van der Waals surface area contributed by atoms with E-state index < -0.39 is 12.1 Å². The van der Waals surface area contributed by atoms with E-state index in [-0.39, 0.29) is 19.0 Å². The molecule has 0 heterocycles. The Labute approximate surface area is 164 Å². The molecular weight excluding hydrogens is 356 g/mol. The van der Waals surface area contributed by atoms with E-state index in [1.165, 1.54) is 0 Å². The highest BCUT2D eigenvalue weighted by Gasteiger charge is 2.28. The summed E-state index contributed by atoms with van der Waals surface area (Å²) in [4.78, 5) is 12.6. The van der Waals surface area contributed by atoms with Gasteiger partial charge in [-0.1, -0.05) is 42.5 Å². The van der Waals surface area contributed by atoms with E-state index in [0.717, 1.165) is 22.3 Å². The summed E-state index contributed by atoms with van der Waals surface area (Å²) in [5, 5.41) is 12.5. The SMILES string of the molecule is CCOC(=O)C(OCc1ccc(OC)cc1)c1c(C)cc2ccccc2c1O. The molecule has 0 amide bonds. The van der Waals surface area contributed by atoms with Gasteiger partial charge in [-0.3, -0.25) is 0 Å². The van der Waals surface area contributed by atoms with E-state index in [0.29, 0.717) is 10.9 Å². The molecule has 0 spiro atoms. The van der Waals surface area contributed by atoms with Crippen molar-refractivity contribution in [2.24, 2.45) is 0 Å². The van der Waals surface area contributed by atoms with Gasteiger partial charge in [0, 0.05) is 10.9 Å². The Morgan fingerprint density at radius 2 is 1.82 bits per heavy atom. The number of hydrogen-bond acceptors (Lipinski definition) is 5. The first-order valence-electron chi connectivity index (χ1n) is 9.17. The standard InChI is InChI=1S/C23H24O5/c1-4-27-23(25)22(28-14-16-9-11-18(26-3)12-10-16)20-15(2)13-17-7-5-6-8-19(17)21(20)24/h5-13,22,24H,4,14H2,1-3H3. The van der Waals surface area contributed by atoms with Crippen LogP contribution in [-0.4, -0.2) is 24.8 Å². The second-order valence-electron chi connectivity index (χ2n) is 6.47. The van der Waals surface area contributed by atoms with Gasteiger partial charge in [0.2, 0.25) is 0 Å². The van der Waals surface area contributed by atoms with Gasteiger partial charge in [-0.15, -0.1) is 0 Å². The molecule has 0 fully saturated rings. The average Bonchev–Trinajstić information content (AvgIpc) is 2.71. The maximum atomic E-state index is 12.6. The molecule has 1 atom stereocenters. The number of carbonyl (C=O) groups is 1. The van der Waals surface area contributed by atoms with E-state index >= 15 is 0 Å². The first kappa shape index (κ1) is 19.7. The lowest BCUT2D eigenvalue weighted by atomic mass is 9.96. The van der Waals surface area contributed by atoms with Gasteiger partial charge in [0.05, 0.1) is 20.3 Å². The summed E-state index contributed by atoms with van der Waals surface area (Å²) in [5.74, 6) is 0.266. The molecule has 0 aliphatic rings. The zero-order valence-electron chi connectivity index (χ0n) is 16.3. The van der Waals surface area contributed by atoms with Crippen LogP contribution in [0.15, 0.2) is 54.6 Å². The Bertz CT molecular complexity index is 963. The smallest absolute Gasteiger partial charge is 0.340 e. The Hall–Kier alpha value is -3.05. The van der Waals surface area contributed by atoms with Crippen LogP contribution < -0.4 is 4.74 Å². The van der Waals surface area contributed by atoms with Crippen molar-refractivity contribution in [3.63, 3.8) is 0 Å². The predicted molar refractivity (Wildman–Crippen MR) is 108 cm³/mol. The fourth-order valence-corrected chi connectivity index (χ4v) is 3.20. The summed E-state index contributed by atoms with van der Waals surface area (Å²) in [7, 11) is 1.60. The molecule has 3 rings (SSSR count). The van der Waals surface area contributed by atoms with Gasteiger partial charge in [-0.2, -0.15) is 0 Å². The molecule has 146 valence electrons. The van der Waals surface area contributed by atoms with Crippen LogP contribution in [0.2, 0.25) is 0 Å². The molecule has 0 saturated carbocycles. The third-order valence-corrected chi connectivity index (χ3v) is 4.61. The van der Waals surface area contributed by atoms with Crippen molar-refractivity contribution in [1.82, 2.24) is 0 Å². The molecule has 3 aromatic rings. The van der Waals surface area contributed by atoms with Gasteiger partial charge in [0.15, 0.2) is 6.10 Å². The summed E-state index contributed by atoms with van der Waals surface area (Å²) in [6, 6.07) is 16.8. The Morgan fingerprint density at radius 1 is 1.11 bits per heavy atom. The van der Waals surface area contributed by atoms with Crippen molar-refractivity contribution in [2.75, 3.05) is 13.7 Å². The lowest BCUT2D eigenvalue weighted by Gasteiger charge is -2.21. The molecule has 1 N–H and O–H groups in total. The monoisotopic (exact) mass is 380 g/mol. The number of aromatic hydroxyl groups is 1. The predicted octanol–water partition coefficient (Wildman–Crippen LogP) is 4.68. The molecule has 0 radical (unpaired) electrons. The summed E-state index contributed by atoms with van der Waals surface area (Å²) in [5.41, 5.74) is 2.09. The van der Waals surface area contributed by atoms with E-state index in [9.17, 15) is 9.90 Å². The number of phenolic OH excluding ortho intramolecular Hbond substituents is 1. The molecule has 0 aliphatic heterocycles. The minimum atomic E-state index is -1.02. The van der Waals surface area contributed by atoms with E-state index in [1.807, 2.05) is 61.5 Å². The van der Waals surface area contributed by atoms with Crippen molar-refractivity contribution in [3.05, 3.63) is 71.3 Å². The quantitative estimate of drug-likeness (QED) is 0.603. The number of phenols is 1. The summed E-state index contributed by atoms with van der Waals surface area (Å²) in [6.45, 7) is 4.02. The number of fused-ring (bicyclic) bond motifs is 1. The number of carbonyl (C=O) groups excluding carboxylic acids is 1. The zero-order valence-corrected chi connectivity index (χ0v) is 16.3. The van der Waals surface area contributed by atoms with Crippen LogP contribution in [0.1, 0.15) is 29.7 Å². The topological polar surface area (TPSA) is 65.0 Å². The van der Waals surface area contributed by atoms with Crippen LogP contribution in [0.3, 0.4) is 0 Å².